The second-order valence-corrected chi connectivity index (χ2v) is 4.98. The number of halogens is 2. The van der Waals surface area contributed by atoms with Crippen molar-refractivity contribution in [3.05, 3.63) is 28.2 Å². The van der Waals surface area contributed by atoms with Crippen molar-refractivity contribution in [1.82, 2.24) is 5.32 Å². The van der Waals surface area contributed by atoms with Crippen LogP contribution >= 0.6 is 23.2 Å². The molecule has 1 unspecified atom stereocenters. The van der Waals surface area contributed by atoms with Gasteiger partial charge in [-0.3, -0.25) is 4.79 Å². The molecule has 0 aliphatic carbocycles. The minimum absolute atomic E-state index is 0.00700. The molecule has 3 N–H and O–H groups in total. The molecule has 5 nitrogen and oxygen atoms in total. The van der Waals surface area contributed by atoms with Gasteiger partial charge in [0.15, 0.2) is 0 Å². The van der Waals surface area contributed by atoms with E-state index in [2.05, 4.69) is 10.6 Å². The van der Waals surface area contributed by atoms with Crippen LogP contribution in [-0.4, -0.2) is 23.7 Å². The Morgan fingerprint density at radius 1 is 1.32 bits per heavy atom. The quantitative estimate of drug-likeness (QED) is 0.781. The molecule has 0 bridgehead atoms. The van der Waals surface area contributed by atoms with Crippen molar-refractivity contribution in [2.45, 2.75) is 13.3 Å². The summed E-state index contributed by atoms with van der Waals surface area (Å²) in [6.07, 6.45) is 0.00700. The van der Waals surface area contributed by atoms with E-state index < -0.39 is 12.0 Å². The van der Waals surface area contributed by atoms with Crippen LogP contribution in [0.25, 0.3) is 0 Å². The Kier molecular flexibility index (Phi) is 5.92. The van der Waals surface area contributed by atoms with Gasteiger partial charge in [-0.1, -0.05) is 30.1 Å². The first-order valence-corrected chi connectivity index (χ1v) is 6.35. The van der Waals surface area contributed by atoms with Crippen LogP contribution in [0.3, 0.4) is 0 Å². The zero-order chi connectivity index (χ0) is 14.4. The van der Waals surface area contributed by atoms with Crippen LogP contribution in [0.4, 0.5) is 10.5 Å². The average Bonchev–Trinajstić information content (AvgIpc) is 2.30. The van der Waals surface area contributed by atoms with Crippen molar-refractivity contribution in [1.29, 1.82) is 0 Å². The molecule has 0 spiro atoms. The standard InChI is InChI=1S/C12H14Cl2N2O3/c1-7(4-11(17)18)6-15-12(19)16-8-2-3-9(13)10(14)5-8/h2-3,5,7H,4,6H2,1H3,(H,17,18)(H2,15,16,19). The lowest BCUT2D eigenvalue weighted by molar-refractivity contribution is -0.137. The van der Waals surface area contributed by atoms with E-state index in [1.807, 2.05) is 0 Å². The number of anilines is 1. The second kappa shape index (κ2) is 7.21. The van der Waals surface area contributed by atoms with Gasteiger partial charge in [-0.05, 0) is 24.1 Å². The molecule has 0 heterocycles. The van der Waals surface area contributed by atoms with Gasteiger partial charge in [0.25, 0.3) is 0 Å². The number of amides is 2. The predicted molar refractivity (Wildman–Crippen MR) is 74.9 cm³/mol. The topological polar surface area (TPSA) is 78.4 Å². The van der Waals surface area contributed by atoms with Crippen molar-refractivity contribution >= 4 is 40.9 Å². The molecule has 0 fully saturated rings. The summed E-state index contributed by atoms with van der Waals surface area (Å²) < 4.78 is 0. The molecule has 0 saturated heterocycles. The average molecular weight is 305 g/mol. The molecule has 1 atom stereocenters. The summed E-state index contributed by atoms with van der Waals surface area (Å²) in [6.45, 7) is 2.02. The highest BCUT2D eigenvalue weighted by Gasteiger charge is 2.09. The molecule has 0 aromatic heterocycles. The summed E-state index contributed by atoms with van der Waals surface area (Å²) >= 11 is 11.6. The number of carbonyl (C=O) groups excluding carboxylic acids is 1. The first-order chi connectivity index (χ1) is 8.88. The number of rotatable bonds is 5. The number of nitrogens with one attached hydrogen (secondary N) is 2. The second-order valence-electron chi connectivity index (χ2n) is 4.17. The predicted octanol–water partition coefficient (Wildman–Crippen LogP) is 3.23. The highest BCUT2D eigenvalue weighted by molar-refractivity contribution is 6.42. The molecular weight excluding hydrogens is 291 g/mol. The smallest absolute Gasteiger partial charge is 0.319 e. The van der Waals surface area contributed by atoms with Gasteiger partial charge in [0.1, 0.15) is 0 Å². The normalized spacial score (nSPS) is 11.7. The van der Waals surface area contributed by atoms with Gasteiger partial charge in [-0.25, -0.2) is 4.79 Å². The molecule has 0 aliphatic heterocycles. The number of carboxylic acid groups (broad SMARTS) is 1. The Balaban J connectivity index is 2.42. The van der Waals surface area contributed by atoms with Crippen LogP contribution < -0.4 is 10.6 Å². The van der Waals surface area contributed by atoms with E-state index in [0.717, 1.165) is 0 Å². The summed E-state index contributed by atoms with van der Waals surface area (Å²) in [5, 5.41) is 14.5. The van der Waals surface area contributed by atoms with E-state index in [0.29, 0.717) is 15.7 Å². The summed E-state index contributed by atoms with van der Waals surface area (Å²) in [5.74, 6) is -1.03. The molecule has 0 radical (unpaired) electrons. The van der Waals surface area contributed by atoms with Crippen LogP contribution in [0.1, 0.15) is 13.3 Å². The fourth-order valence-corrected chi connectivity index (χ4v) is 1.68. The highest BCUT2D eigenvalue weighted by atomic mass is 35.5. The molecule has 2 amide bonds. The van der Waals surface area contributed by atoms with Crippen LogP contribution in [0.5, 0.6) is 0 Å². The van der Waals surface area contributed by atoms with E-state index >= 15 is 0 Å². The van der Waals surface area contributed by atoms with Gasteiger partial charge >= 0.3 is 12.0 Å². The summed E-state index contributed by atoms with van der Waals surface area (Å²) in [7, 11) is 0. The number of carbonyl (C=O) groups is 2. The van der Waals surface area contributed by atoms with E-state index in [4.69, 9.17) is 28.3 Å². The number of carboxylic acids is 1. The lowest BCUT2D eigenvalue weighted by Gasteiger charge is -2.11. The Morgan fingerprint density at radius 3 is 2.58 bits per heavy atom. The van der Waals surface area contributed by atoms with Crippen molar-refractivity contribution in [3.63, 3.8) is 0 Å². The van der Waals surface area contributed by atoms with Gasteiger partial charge in [-0.15, -0.1) is 0 Å². The minimum Gasteiger partial charge on any atom is -0.481 e. The third-order valence-electron chi connectivity index (χ3n) is 2.31. The molecule has 104 valence electrons. The van der Waals surface area contributed by atoms with Crippen LogP contribution in [0, 0.1) is 5.92 Å². The monoisotopic (exact) mass is 304 g/mol. The Bertz CT molecular complexity index is 480. The summed E-state index contributed by atoms with van der Waals surface area (Å²) in [5.41, 5.74) is 0.512. The van der Waals surface area contributed by atoms with Crippen LogP contribution in [-0.2, 0) is 4.79 Å². The van der Waals surface area contributed by atoms with Crippen LogP contribution in [0.2, 0.25) is 10.0 Å². The molecular formula is C12H14Cl2N2O3. The maximum atomic E-state index is 11.6. The highest BCUT2D eigenvalue weighted by Crippen LogP contribution is 2.24. The van der Waals surface area contributed by atoms with Gasteiger partial charge in [0.05, 0.1) is 10.0 Å². The van der Waals surface area contributed by atoms with Gasteiger partial charge in [0.2, 0.25) is 0 Å². The molecule has 1 aromatic rings. The third kappa shape index (κ3) is 5.81. The number of benzene rings is 1. The van der Waals surface area contributed by atoms with Crippen LogP contribution in [0.15, 0.2) is 18.2 Å². The Morgan fingerprint density at radius 2 is 2.00 bits per heavy atom. The van der Waals surface area contributed by atoms with Crippen molar-refractivity contribution in [3.8, 4) is 0 Å². The van der Waals surface area contributed by atoms with E-state index in [1.165, 1.54) is 6.07 Å². The maximum Gasteiger partial charge on any atom is 0.319 e. The van der Waals surface area contributed by atoms with Gasteiger partial charge in [-0.2, -0.15) is 0 Å². The minimum atomic E-state index is -0.890. The van der Waals surface area contributed by atoms with E-state index in [-0.39, 0.29) is 18.9 Å². The number of hydrogen-bond donors (Lipinski definition) is 3. The molecule has 19 heavy (non-hydrogen) atoms. The lowest BCUT2D eigenvalue weighted by atomic mass is 10.1. The molecule has 0 aliphatic rings. The maximum absolute atomic E-state index is 11.6. The van der Waals surface area contributed by atoms with Crippen molar-refractivity contribution < 1.29 is 14.7 Å². The zero-order valence-electron chi connectivity index (χ0n) is 10.2. The van der Waals surface area contributed by atoms with Crippen molar-refractivity contribution in [2.75, 3.05) is 11.9 Å². The first-order valence-electron chi connectivity index (χ1n) is 5.60. The fraction of sp³-hybridized carbons (Fsp3) is 0.333. The Labute approximate surface area is 120 Å². The van der Waals surface area contributed by atoms with E-state index in [1.54, 1.807) is 19.1 Å². The number of hydrogen-bond acceptors (Lipinski definition) is 2. The first kappa shape index (κ1) is 15.6. The SMILES string of the molecule is CC(CNC(=O)Nc1ccc(Cl)c(Cl)c1)CC(=O)O. The van der Waals surface area contributed by atoms with Gasteiger partial charge in [0, 0.05) is 18.7 Å². The molecule has 0 saturated carbocycles. The van der Waals surface area contributed by atoms with Crippen molar-refractivity contribution in [2.24, 2.45) is 5.92 Å². The Hall–Kier alpha value is -1.46. The zero-order valence-corrected chi connectivity index (χ0v) is 11.8. The number of urea groups is 1. The number of aliphatic carboxylic acids is 1. The fourth-order valence-electron chi connectivity index (χ4n) is 1.39. The lowest BCUT2D eigenvalue weighted by Crippen LogP contribution is -2.32. The summed E-state index contributed by atoms with van der Waals surface area (Å²) in [6, 6.07) is 4.31. The van der Waals surface area contributed by atoms with E-state index in [9.17, 15) is 9.59 Å². The molecule has 1 aromatic carbocycles. The summed E-state index contributed by atoms with van der Waals surface area (Å²) in [4.78, 5) is 22.0. The van der Waals surface area contributed by atoms with Gasteiger partial charge < -0.3 is 15.7 Å². The largest absolute Gasteiger partial charge is 0.481 e. The third-order valence-corrected chi connectivity index (χ3v) is 3.05. The molecule has 1 rings (SSSR count). The molecule has 7 heteroatoms.